The predicted octanol–water partition coefficient (Wildman–Crippen LogP) is 5.30. The van der Waals surface area contributed by atoms with Crippen molar-refractivity contribution in [3.63, 3.8) is 0 Å². The van der Waals surface area contributed by atoms with Gasteiger partial charge in [0.2, 0.25) is 11.8 Å². The number of benzene rings is 3. The highest BCUT2D eigenvalue weighted by Gasteiger charge is 2.35. The number of anilines is 1. The lowest BCUT2D eigenvalue weighted by Gasteiger charge is -2.35. The van der Waals surface area contributed by atoms with Crippen molar-refractivity contribution in [2.75, 3.05) is 24.9 Å². The van der Waals surface area contributed by atoms with Crippen LogP contribution in [0.2, 0.25) is 10.0 Å². The number of nitrogens with zero attached hydrogens (tertiary/aromatic N) is 3. The first-order valence-electron chi connectivity index (χ1n) is 13.4. The summed E-state index contributed by atoms with van der Waals surface area (Å²) in [5, 5.41) is 3.54. The van der Waals surface area contributed by atoms with Crippen LogP contribution in [0.15, 0.2) is 72.8 Å². The summed E-state index contributed by atoms with van der Waals surface area (Å²) in [6, 6.07) is 17.6. The molecule has 0 unspecified atom stereocenters. The van der Waals surface area contributed by atoms with Gasteiger partial charge in [0.1, 0.15) is 18.4 Å². The molecule has 3 aromatic carbocycles. The molecule has 0 saturated carbocycles. The molecule has 2 atom stereocenters. The van der Waals surface area contributed by atoms with E-state index in [1.54, 1.807) is 18.2 Å². The number of carbonyl (C=O) groups excluding carboxylic acids is 2. The van der Waals surface area contributed by atoms with Crippen molar-refractivity contribution in [3.8, 4) is 0 Å². The molecule has 0 radical (unpaired) electrons. The summed E-state index contributed by atoms with van der Waals surface area (Å²) in [6.07, 6.45) is 0.807. The number of nitrogens with one attached hydrogen (secondary N) is 1. The van der Waals surface area contributed by atoms with E-state index in [0.717, 1.165) is 26.3 Å². The minimum Gasteiger partial charge on any atom is -0.352 e. The quantitative estimate of drug-likeness (QED) is 0.276. The number of rotatable bonds is 13. The first-order chi connectivity index (χ1) is 19.8. The van der Waals surface area contributed by atoms with Gasteiger partial charge in [0.15, 0.2) is 0 Å². The lowest BCUT2D eigenvalue weighted by molar-refractivity contribution is -0.140. The van der Waals surface area contributed by atoms with E-state index in [0.29, 0.717) is 12.0 Å². The Balaban J connectivity index is 2.14. The van der Waals surface area contributed by atoms with Crippen LogP contribution in [-0.2, 0) is 32.8 Å². The SMILES string of the molecule is CC[C@@H](C)NC(=O)[C@H](Cc1ccccc1)N(Cc1c(Cl)cccc1Cl)C(=O)CN(c1ccc(F)cc1)S(=O)(=O)N(C)C. The second-order valence-corrected chi connectivity index (χ2v) is 12.9. The molecule has 0 aliphatic heterocycles. The molecule has 0 aliphatic rings. The lowest BCUT2D eigenvalue weighted by atomic mass is 10.0. The fraction of sp³-hybridized carbons (Fsp3) is 0.333. The molecule has 0 aromatic heterocycles. The molecule has 0 bridgehead atoms. The topological polar surface area (TPSA) is 90.0 Å². The van der Waals surface area contributed by atoms with Crippen LogP contribution < -0.4 is 9.62 Å². The molecule has 1 N–H and O–H groups in total. The molecule has 0 spiro atoms. The molecule has 0 saturated heterocycles. The number of hydrogen-bond acceptors (Lipinski definition) is 4. The van der Waals surface area contributed by atoms with Gasteiger partial charge in [-0.15, -0.1) is 0 Å². The van der Waals surface area contributed by atoms with Gasteiger partial charge in [-0.05, 0) is 55.3 Å². The second kappa shape index (κ2) is 14.8. The van der Waals surface area contributed by atoms with E-state index in [4.69, 9.17) is 23.2 Å². The Hall–Kier alpha value is -3.18. The van der Waals surface area contributed by atoms with E-state index >= 15 is 0 Å². The van der Waals surface area contributed by atoms with Crippen molar-refractivity contribution in [3.05, 3.63) is 99.8 Å². The van der Waals surface area contributed by atoms with Crippen LogP contribution in [0.3, 0.4) is 0 Å². The maximum Gasteiger partial charge on any atom is 0.304 e. The molecule has 12 heteroatoms. The fourth-order valence-corrected chi connectivity index (χ4v) is 5.75. The van der Waals surface area contributed by atoms with Crippen LogP contribution in [0.5, 0.6) is 0 Å². The Morgan fingerprint density at radius 3 is 2.07 bits per heavy atom. The maximum atomic E-state index is 14.2. The second-order valence-electron chi connectivity index (χ2n) is 10.0. The minimum absolute atomic E-state index is 0.0813. The Kier molecular flexibility index (Phi) is 11.8. The predicted molar refractivity (Wildman–Crippen MR) is 165 cm³/mol. The molecule has 2 amide bonds. The zero-order valence-electron chi connectivity index (χ0n) is 23.9. The highest BCUT2D eigenvalue weighted by atomic mass is 35.5. The summed E-state index contributed by atoms with van der Waals surface area (Å²) in [5.41, 5.74) is 1.28. The largest absolute Gasteiger partial charge is 0.352 e. The summed E-state index contributed by atoms with van der Waals surface area (Å²) in [4.78, 5) is 29.3. The molecule has 3 rings (SSSR count). The number of carbonyl (C=O) groups is 2. The van der Waals surface area contributed by atoms with Gasteiger partial charge in [-0.3, -0.25) is 9.59 Å². The van der Waals surface area contributed by atoms with Gasteiger partial charge in [0.05, 0.1) is 5.69 Å². The van der Waals surface area contributed by atoms with Crippen LogP contribution in [0, 0.1) is 5.82 Å². The van der Waals surface area contributed by atoms with E-state index < -0.39 is 40.4 Å². The molecule has 226 valence electrons. The van der Waals surface area contributed by atoms with E-state index in [-0.39, 0.29) is 34.7 Å². The number of halogens is 3. The van der Waals surface area contributed by atoms with Crippen LogP contribution in [0.1, 0.15) is 31.4 Å². The van der Waals surface area contributed by atoms with Gasteiger partial charge in [-0.25, -0.2) is 8.70 Å². The average molecular weight is 638 g/mol. The molecule has 8 nitrogen and oxygen atoms in total. The number of hydrogen-bond donors (Lipinski definition) is 1. The van der Waals surface area contributed by atoms with Gasteiger partial charge >= 0.3 is 10.2 Å². The van der Waals surface area contributed by atoms with E-state index in [1.165, 1.54) is 31.1 Å². The summed E-state index contributed by atoms with van der Waals surface area (Å²) in [5.74, 6) is -1.65. The fourth-order valence-electron chi connectivity index (χ4n) is 4.17. The molecule has 42 heavy (non-hydrogen) atoms. The highest BCUT2D eigenvalue weighted by Crippen LogP contribution is 2.28. The van der Waals surface area contributed by atoms with Crippen molar-refractivity contribution in [1.82, 2.24) is 14.5 Å². The van der Waals surface area contributed by atoms with Crippen molar-refractivity contribution < 1.29 is 22.4 Å². The van der Waals surface area contributed by atoms with Crippen molar-refractivity contribution in [2.24, 2.45) is 0 Å². The molecule has 0 heterocycles. The van der Waals surface area contributed by atoms with Gasteiger partial charge in [-0.1, -0.05) is 66.5 Å². The monoisotopic (exact) mass is 636 g/mol. The highest BCUT2D eigenvalue weighted by molar-refractivity contribution is 7.90. The first-order valence-corrected chi connectivity index (χ1v) is 15.5. The third-order valence-electron chi connectivity index (χ3n) is 6.80. The third kappa shape index (κ3) is 8.44. The Labute approximate surface area is 257 Å². The minimum atomic E-state index is -4.21. The van der Waals surface area contributed by atoms with Crippen LogP contribution >= 0.6 is 23.2 Å². The standard InChI is InChI=1S/C30H35Cl2FN4O4S/c1-5-21(2)34-30(39)28(18-22-10-7-6-8-11-22)36(19-25-26(31)12-9-13-27(25)32)29(38)20-37(42(40,41)35(3)4)24-16-14-23(33)15-17-24/h6-17,21,28H,5,18-20H2,1-4H3,(H,34,39)/t21-,28+/m1/s1. The molecule has 0 fully saturated rings. The maximum absolute atomic E-state index is 14.2. The number of amides is 2. The van der Waals surface area contributed by atoms with Crippen molar-refractivity contribution in [1.29, 1.82) is 0 Å². The van der Waals surface area contributed by atoms with Crippen LogP contribution in [0.25, 0.3) is 0 Å². The summed E-state index contributed by atoms with van der Waals surface area (Å²) in [6.45, 7) is 2.95. The van der Waals surface area contributed by atoms with Gasteiger partial charge in [0.25, 0.3) is 0 Å². The molecule has 3 aromatic rings. The van der Waals surface area contributed by atoms with Gasteiger partial charge in [-0.2, -0.15) is 12.7 Å². The van der Waals surface area contributed by atoms with Gasteiger partial charge in [0, 0.05) is 48.7 Å². The Bertz CT molecular complexity index is 1450. The summed E-state index contributed by atoms with van der Waals surface area (Å²) < 4.78 is 42.3. The van der Waals surface area contributed by atoms with E-state index in [1.807, 2.05) is 44.2 Å². The van der Waals surface area contributed by atoms with Crippen LogP contribution in [0.4, 0.5) is 10.1 Å². The smallest absolute Gasteiger partial charge is 0.304 e. The average Bonchev–Trinajstić information content (AvgIpc) is 2.95. The molecule has 0 aliphatic carbocycles. The lowest BCUT2D eigenvalue weighted by Crippen LogP contribution is -2.55. The van der Waals surface area contributed by atoms with E-state index in [9.17, 15) is 22.4 Å². The molecular formula is C30H35Cl2FN4O4S. The third-order valence-corrected chi connectivity index (χ3v) is 9.32. The van der Waals surface area contributed by atoms with Gasteiger partial charge < -0.3 is 10.2 Å². The summed E-state index contributed by atoms with van der Waals surface area (Å²) >= 11 is 13.0. The van der Waals surface area contributed by atoms with Crippen molar-refractivity contribution in [2.45, 2.75) is 45.3 Å². The Morgan fingerprint density at radius 1 is 0.929 bits per heavy atom. The van der Waals surface area contributed by atoms with E-state index in [2.05, 4.69) is 5.32 Å². The zero-order chi connectivity index (χ0) is 31.0. The van der Waals surface area contributed by atoms with Crippen molar-refractivity contribution >= 4 is 50.9 Å². The Morgan fingerprint density at radius 2 is 1.52 bits per heavy atom. The zero-order valence-corrected chi connectivity index (χ0v) is 26.3. The first kappa shape index (κ1) is 33.3. The summed E-state index contributed by atoms with van der Waals surface area (Å²) in [7, 11) is -1.55. The normalized spacial score (nSPS) is 13.0. The van der Waals surface area contributed by atoms with Crippen LogP contribution in [-0.4, -0.2) is 62.2 Å². The molecular weight excluding hydrogens is 602 g/mol.